The van der Waals surface area contributed by atoms with Gasteiger partial charge in [0.15, 0.2) is 11.5 Å². The quantitative estimate of drug-likeness (QED) is 0.761. The van der Waals surface area contributed by atoms with Crippen molar-refractivity contribution in [2.75, 3.05) is 13.6 Å². The highest BCUT2D eigenvalue weighted by Gasteiger charge is 2.48. The fourth-order valence-corrected chi connectivity index (χ4v) is 5.29. The molecule has 3 atom stereocenters. The number of rotatable bonds is 5. The lowest BCUT2D eigenvalue weighted by Gasteiger charge is -2.40. The van der Waals surface area contributed by atoms with E-state index in [4.69, 9.17) is 9.47 Å². The van der Waals surface area contributed by atoms with Gasteiger partial charge in [-0.1, -0.05) is 24.6 Å². The Morgan fingerprint density at radius 2 is 1.93 bits per heavy atom. The smallest absolute Gasteiger partial charge is 0.161 e. The summed E-state index contributed by atoms with van der Waals surface area (Å²) in [6, 6.07) is 6.85. The largest absolute Gasteiger partial charge is 0.487 e. The van der Waals surface area contributed by atoms with Crippen molar-refractivity contribution < 1.29 is 14.6 Å². The first-order valence-corrected chi connectivity index (χ1v) is 11.0. The average Bonchev–Trinajstić information content (AvgIpc) is 3.01. The molecule has 2 fully saturated rings. The molecule has 0 amide bonds. The SMILES string of the molecule is CC(C)Oc1ccc(C23C=C[C@H](O)C[C@@H]2N(C)CC3)cc1OC1CCCCC1. The third kappa shape index (κ3) is 3.81. The summed E-state index contributed by atoms with van der Waals surface area (Å²) in [6.45, 7) is 5.17. The zero-order valence-electron chi connectivity index (χ0n) is 17.6. The molecule has 1 aromatic carbocycles. The summed E-state index contributed by atoms with van der Waals surface area (Å²) in [5, 5.41) is 10.2. The van der Waals surface area contributed by atoms with E-state index in [1.807, 2.05) is 6.08 Å². The summed E-state index contributed by atoms with van der Waals surface area (Å²) in [6.07, 6.45) is 12.2. The summed E-state index contributed by atoms with van der Waals surface area (Å²) in [5.74, 6) is 1.74. The summed E-state index contributed by atoms with van der Waals surface area (Å²) in [7, 11) is 2.17. The van der Waals surface area contributed by atoms with Gasteiger partial charge in [0.1, 0.15) is 0 Å². The maximum absolute atomic E-state index is 10.2. The van der Waals surface area contributed by atoms with Gasteiger partial charge >= 0.3 is 0 Å². The van der Waals surface area contributed by atoms with Crippen molar-refractivity contribution in [3.63, 3.8) is 0 Å². The summed E-state index contributed by atoms with van der Waals surface area (Å²) in [5.41, 5.74) is 1.24. The fourth-order valence-electron chi connectivity index (χ4n) is 5.29. The number of fused-ring (bicyclic) bond motifs is 1. The van der Waals surface area contributed by atoms with E-state index in [0.717, 1.165) is 43.7 Å². The Labute approximate surface area is 169 Å². The number of ether oxygens (including phenoxy) is 2. The molecular formula is C24H35NO3. The Morgan fingerprint density at radius 3 is 2.68 bits per heavy atom. The zero-order valence-corrected chi connectivity index (χ0v) is 17.6. The van der Waals surface area contributed by atoms with Crippen LogP contribution in [-0.4, -0.2) is 48.0 Å². The molecule has 0 bridgehead atoms. The van der Waals surface area contributed by atoms with E-state index in [0.29, 0.717) is 12.1 Å². The predicted octanol–water partition coefficient (Wildman–Crippen LogP) is 4.45. The molecule has 1 unspecified atom stereocenters. The Balaban J connectivity index is 1.69. The molecule has 1 aromatic rings. The van der Waals surface area contributed by atoms with Crippen LogP contribution < -0.4 is 9.47 Å². The first-order valence-electron chi connectivity index (χ1n) is 11.0. The number of nitrogens with zero attached hydrogens (tertiary/aromatic N) is 1. The van der Waals surface area contributed by atoms with Gasteiger partial charge in [0.2, 0.25) is 0 Å². The van der Waals surface area contributed by atoms with E-state index in [2.05, 4.69) is 50.1 Å². The number of likely N-dealkylation sites (tertiary alicyclic amines) is 1. The van der Waals surface area contributed by atoms with Crippen LogP contribution in [-0.2, 0) is 5.41 Å². The van der Waals surface area contributed by atoms with E-state index < -0.39 is 0 Å². The van der Waals surface area contributed by atoms with Gasteiger partial charge in [0.25, 0.3) is 0 Å². The minimum absolute atomic E-state index is 0.0466. The highest BCUT2D eigenvalue weighted by atomic mass is 16.5. The van der Waals surface area contributed by atoms with Gasteiger partial charge in [0.05, 0.1) is 18.3 Å². The minimum atomic E-state index is -0.347. The molecule has 0 radical (unpaired) electrons. The highest BCUT2D eigenvalue weighted by molar-refractivity contribution is 5.49. The third-order valence-corrected chi connectivity index (χ3v) is 6.78. The Morgan fingerprint density at radius 1 is 1.14 bits per heavy atom. The van der Waals surface area contributed by atoms with Crippen LogP contribution in [0.2, 0.25) is 0 Å². The second-order valence-corrected chi connectivity index (χ2v) is 9.15. The van der Waals surface area contributed by atoms with E-state index in [-0.39, 0.29) is 17.6 Å². The van der Waals surface area contributed by atoms with Crippen molar-refractivity contribution in [1.29, 1.82) is 0 Å². The molecule has 2 aliphatic carbocycles. The molecular weight excluding hydrogens is 350 g/mol. The van der Waals surface area contributed by atoms with Gasteiger partial charge < -0.3 is 19.5 Å². The number of aliphatic hydroxyl groups is 1. The fraction of sp³-hybridized carbons (Fsp3) is 0.667. The molecule has 1 N–H and O–H groups in total. The molecule has 4 heteroatoms. The van der Waals surface area contributed by atoms with Crippen LogP contribution in [0.4, 0.5) is 0 Å². The molecule has 154 valence electrons. The number of hydrogen-bond donors (Lipinski definition) is 1. The summed E-state index contributed by atoms with van der Waals surface area (Å²) >= 11 is 0. The number of aliphatic hydroxyl groups excluding tert-OH is 1. The van der Waals surface area contributed by atoms with Crippen LogP contribution in [0.25, 0.3) is 0 Å². The molecule has 4 nitrogen and oxygen atoms in total. The molecule has 0 spiro atoms. The number of hydrogen-bond acceptors (Lipinski definition) is 4. The van der Waals surface area contributed by atoms with Gasteiger partial charge in [-0.3, -0.25) is 0 Å². The third-order valence-electron chi connectivity index (χ3n) is 6.78. The van der Waals surface area contributed by atoms with E-state index in [1.54, 1.807) is 0 Å². The molecule has 0 aromatic heterocycles. The van der Waals surface area contributed by atoms with Crippen molar-refractivity contribution in [2.24, 2.45) is 0 Å². The topological polar surface area (TPSA) is 41.9 Å². The highest BCUT2D eigenvalue weighted by Crippen LogP contribution is 2.47. The molecule has 1 saturated heterocycles. The minimum Gasteiger partial charge on any atom is -0.487 e. The van der Waals surface area contributed by atoms with Gasteiger partial charge in [-0.25, -0.2) is 0 Å². The number of benzene rings is 1. The zero-order chi connectivity index (χ0) is 19.7. The van der Waals surface area contributed by atoms with E-state index >= 15 is 0 Å². The van der Waals surface area contributed by atoms with Crippen molar-refractivity contribution in [1.82, 2.24) is 4.90 Å². The maximum Gasteiger partial charge on any atom is 0.161 e. The standard InChI is InChI=1S/C24H35NO3/c1-17(2)27-21-10-9-18(15-22(21)28-20-7-5-4-6-8-20)24-12-11-19(26)16-23(24)25(3)14-13-24/h9-12,15,17,19-20,23,26H,4-8,13-14,16H2,1-3H3/t19-,23-,24?/m0/s1. The first-order chi connectivity index (χ1) is 13.5. The van der Waals surface area contributed by atoms with Gasteiger partial charge in [-0.15, -0.1) is 0 Å². The number of likely N-dealkylation sites (N-methyl/N-ethyl adjacent to an activating group) is 1. The van der Waals surface area contributed by atoms with E-state index in [9.17, 15) is 5.11 Å². The van der Waals surface area contributed by atoms with E-state index in [1.165, 1.54) is 24.8 Å². The summed E-state index contributed by atoms with van der Waals surface area (Å²) < 4.78 is 12.6. The van der Waals surface area contributed by atoms with Crippen LogP contribution in [0.1, 0.15) is 64.4 Å². The molecule has 1 aliphatic heterocycles. The van der Waals surface area contributed by atoms with Crippen molar-refractivity contribution in [3.05, 3.63) is 35.9 Å². The van der Waals surface area contributed by atoms with Gasteiger partial charge in [0, 0.05) is 11.5 Å². The van der Waals surface area contributed by atoms with Crippen LogP contribution in [0.3, 0.4) is 0 Å². The first kappa shape index (κ1) is 19.8. The van der Waals surface area contributed by atoms with Crippen molar-refractivity contribution in [2.45, 2.75) is 88.6 Å². The second-order valence-electron chi connectivity index (χ2n) is 9.15. The van der Waals surface area contributed by atoms with Crippen LogP contribution in [0.15, 0.2) is 30.4 Å². The lowest BCUT2D eigenvalue weighted by molar-refractivity contribution is 0.135. The van der Waals surface area contributed by atoms with Crippen LogP contribution in [0.5, 0.6) is 11.5 Å². The molecule has 3 aliphatic rings. The Hall–Kier alpha value is -1.52. The second kappa shape index (κ2) is 8.08. The average molecular weight is 386 g/mol. The van der Waals surface area contributed by atoms with Gasteiger partial charge in [-0.2, -0.15) is 0 Å². The molecule has 1 heterocycles. The normalized spacial score (nSPS) is 31.2. The van der Waals surface area contributed by atoms with Crippen molar-refractivity contribution >= 4 is 0 Å². The molecule has 1 saturated carbocycles. The lowest BCUT2D eigenvalue weighted by Crippen LogP contribution is -2.44. The van der Waals surface area contributed by atoms with Gasteiger partial charge in [-0.05, 0) is 83.7 Å². The predicted molar refractivity (Wildman–Crippen MR) is 112 cm³/mol. The Kier molecular flexibility index (Phi) is 5.71. The molecule has 4 rings (SSSR count). The maximum atomic E-state index is 10.2. The van der Waals surface area contributed by atoms with Crippen LogP contribution >= 0.6 is 0 Å². The Bertz CT molecular complexity index is 710. The lowest BCUT2D eigenvalue weighted by atomic mass is 9.69. The molecule has 28 heavy (non-hydrogen) atoms. The summed E-state index contributed by atoms with van der Waals surface area (Å²) in [4.78, 5) is 2.40. The van der Waals surface area contributed by atoms with Crippen molar-refractivity contribution in [3.8, 4) is 11.5 Å². The monoisotopic (exact) mass is 385 g/mol. The van der Waals surface area contributed by atoms with Crippen LogP contribution in [0, 0.1) is 0 Å².